The van der Waals surface area contributed by atoms with Crippen LogP contribution in [0.5, 0.6) is 0 Å². The standard InChI is InChI=1S/C20H19N3O3S/c1-14-5-7-17(8-6-14)27(26)23-18(12-20(24)25)15-3-2-4-16(11-15)19-13-21-9-10-22-19/h2-11,13,18,23H,12H2,1H3,(H,24,25)/t18?,27-/m1/s1. The van der Waals surface area contributed by atoms with Crippen molar-refractivity contribution in [1.29, 1.82) is 0 Å². The number of benzene rings is 2. The normalized spacial score (nSPS) is 13.1. The molecule has 0 bridgehead atoms. The lowest BCUT2D eigenvalue weighted by molar-refractivity contribution is -0.137. The van der Waals surface area contributed by atoms with Crippen LogP contribution in [0.15, 0.2) is 72.0 Å². The number of aryl methyl sites for hydroxylation is 1. The lowest BCUT2D eigenvalue weighted by atomic mass is 10.0. The van der Waals surface area contributed by atoms with E-state index in [0.717, 1.165) is 16.7 Å². The monoisotopic (exact) mass is 381 g/mol. The maximum absolute atomic E-state index is 12.7. The number of carboxylic acid groups (broad SMARTS) is 1. The first kappa shape index (κ1) is 19.0. The third kappa shape index (κ3) is 5.13. The van der Waals surface area contributed by atoms with Gasteiger partial charge in [-0.15, -0.1) is 4.72 Å². The smallest absolute Gasteiger partial charge is 0.305 e. The van der Waals surface area contributed by atoms with E-state index < -0.39 is 23.4 Å². The van der Waals surface area contributed by atoms with Crippen LogP contribution in [0.1, 0.15) is 23.6 Å². The number of rotatable bonds is 7. The number of carboxylic acids is 1. The highest BCUT2D eigenvalue weighted by Gasteiger charge is 2.23. The molecule has 3 aromatic rings. The first-order chi connectivity index (χ1) is 13.0. The summed E-state index contributed by atoms with van der Waals surface area (Å²) in [7, 11) is 0. The molecule has 0 saturated heterocycles. The lowest BCUT2D eigenvalue weighted by Crippen LogP contribution is -2.30. The van der Waals surface area contributed by atoms with Crippen molar-refractivity contribution in [2.75, 3.05) is 0 Å². The number of nitrogens with one attached hydrogen (secondary N) is 1. The summed E-state index contributed by atoms with van der Waals surface area (Å²) in [4.78, 5) is 20.3. The van der Waals surface area contributed by atoms with Crippen molar-refractivity contribution in [3.63, 3.8) is 0 Å². The summed E-state index contributed by atoms with van der Waals surface area (Å²) in [6, 6.07) is 14.0. The minimum Gasteiger partial charge on any atom is -0.593 e. The fraction of sp³-hybridized carbons (Fsp3) is 0.150. The van der Waals surface area contributed by atoms with Gasteiger partial charge >= 0.3 is 5.97 Å². The molecule has 1 heterocycles. The lowest BCUT2D eigenvalue weighted by Gasteiger charge is -2.19. The summed E-state index contributed by atoms with van der Waals surface area (Å²) in [6.45, 7) is 1.95. The quantitative estimate of drug-likeness (QED) is 0.610. The van der Waals surface area contributed by atoms with Crippen molar-refractivity contribution in [1.82, 2.24) is 14.7 Å². The molecule has 0 aliphatic rings. The summed E-state index contributed by atoms with van der Waals surface area (Å²) >= 11 is -1.53. The SMILES string of the molecule is Cc1ccc([S@@+]([O-])NC(CC(=O)O)c2cccc(-c3cnccn3)c2)cc1. The van der Waals surface area contributed by atoms with E-state index in [-0.39, 0.29) is 6.42 Å². The summed E-state index contributed by atoms with van der Waals surface area (Å²) in [6.07, 6.45) is 4.64. The number of aliphatic carboxylic acids is 1. The van der Waals surface area contributed by atoms with Crippen LogP contribution in [0.3, 0.4) is 0 Å². The average Bonchev–Trinajstić information content (AvgIpc) is 2.68. The molecule has 0 amide bonds. The third-order valence-electron chi connectivity index (χ3n) is 4.01. The molecule has 27 heavy (non-hydrogen) atoms. The summed E-state index contributed by atoms with van der Waals surface area (Å²) in [5.74, 6) is -0.974. The highest BCUT2D eigenvalue weighted by molar-refractivity contribution is 7.89. The molecule has 0 fully saturated rings. The van der Waals surface area contributed by atoms with Gasteiger partial charge in [-0.05, 0) is 30.7 Å². The van der Waals surface area contributed by atoms with Gasteiger partial charge in [0.2, 0.25) is 0 Å². The zero-order valence-corrected chi connectivity index (χ0v) is 15.5. The maximum atomic E-state index is 12.7. The van der Waals surface area contributed by atoms with Crippen molar-refractivity contribution in [3.05, 3.63) is 78.2 Å². The molecule has 7 heteroatoms. The van der Waals surface area contributed by atoms with E-state index in [2.05, 4.69) is 14.7 Å². The summed E-state index contributed by atoms with van der Waals surface area (Å²) < 4.78 is 15.6. The Labute approximate surface area is 160 Å². The minimum atomic E-state index is -1.53. The molecule has 6 nitrogen and oxygen atoms in total. The van der Waals surface area contributed by atoms with Gasteiger partial charge in [-0.2, -0.15) is 0 Å². The molecule has 0 radical (unpaired) electrons. The first-order valence-electron chi connectivity index (χ1n) is 8.35. The van der Waals surface area contributed by atoms with E-state index in [1.54, 1.807) is 30.7 Å². The molecule has 2 N–H and O–H groups in total. The molecule has 3 rings (SSSR count). The van der Waals surface area contributed by atoms with Crippen molar-refractivity contribution in [2.24, 2.45) is 0 Å². The Balaban J connectivity index is 1.86. The minimum absolute atomic E-state index is 0.193. The van der Waals surface area contributed by atoms with Crippen LogP contribution in [0, 0.1) is 6.92 Å². The Morgan fingerprint density at radius 3 is 2.67 bits per heavy atom. The van der Waals surface area contributed by atoms with Crippen molar-refractivity contribution >= 4 is 17.3 Å². The first-order valence-corrected chi connectivity index (χ1v) is 9.50. The van der Waals surface area contributed by atoms with E-state index in [1.165, 1.54) is 0 Å². The predicted octanol–water partition coefficient (Wildman–Crippen LogP) is 3.28. The average molecular weight is 381 g/mol. The molecule has 1 aromatic heterocycles. The van der Waals surface area contributed by atoms with Gasteiger partial charge < -0.3 is 9.66 Å². The Hall–Kier alpha value is -2.74. The fourth-order valence-corrected chi connectivity index (χ4v) is 3.62. The Kier molecular flexibility index (Phi) is 6.18. The maximum Gasteiger partial charge on any atom is 0.305 e. The van der Waals surface area contributed by atoms with Gasteiger partial charge in [-0.25, -0.2) is 0 Å². The molecule has 0 saturated carbocycles. The molecule has 0 aliphatic heterocycles. The van der Waals surface area contributed by atoms with E-state index in [1.807, 2.05) is 43.3 Å². The van der Waals surface area contributed by atoms with E-state index in [4.69, 9.17) is 0 Å². The zero-order chi connectivity index (χ0) is 19.2. The number of hydrogen-bond acceptors (Lipinski definition) is 5. The van der Waals surface area contributed by atoms with Gasteiger partial charge in [0.15, 0.2) is 4.90 Å². The van der Waals surface area contributed by atoms with Crippen molar-refractivity contribution in [2.45, 2.75) is 24.3 Å². The second-order valence-corrected chi connectivity index (χ2v) is 7.31. The highest BCUT2D eigenvalue weighted by atomic mass is 32.2. The number of hydrogen-bond donors (Lipinski definition) is 2. The molecular weight excluding hydrogens is 362 g/mol. The molecule has 2 aromatic carbocycles. The summed E-state index contributed by atoms with van der Waals surface area (Å²) in [5.41, 5.74) is 3.29. The number of carbonyl (C=O) groups is 1. The highest BCUT2D eigenvalue weighted by Crippen LogP contribution is 2.25. The van der Waals surface area contributed by atoms with Crippen LogP contribution in [0.2, 0.25) is 0 Å². The van der Waals surface area contributed by atoms with Crippen molar-refractivity contribution in [3.8, 4) is 11.3 Å². The molecule has 1 unspecified atom stereocenters. The largest absolute Gasteiger partial charge is 0.593 e. The van der Waals surface area contributed by atoms with Gasteiger partial charge in [0.25, 0.3) is 0 Å². The Morgan fingerprint density at radius 2 is 2.00 bits per heavy atom. The zero-order valence-electron chi connectivity index (χ0n) is 14.7. The van der Waals surface area contributed by atoms with Gasteiger partial charge in [-0.1, -0.05) is 35.9 Å². The van der Waals surface area contributed by atoms with Crippen LogP contribution >= 0.6 is 0 Å². The van der Waals surface area contributed by atoms with Gasteiger partial charge in [0, 0.05) is 18.0 Å². The number of nitrogens with zero attached hydrogens (tertiary/aromatic N) is 2. The van der Waals surface area contributed by atoms with E-state index >= 15 is 0 Å². The third-order valence-corrected chi connectivity index (χ3v) is 5.21. The Bertz CT molecular complexity index is 904. The summed E-state index contributed by atoms with van der Waals surface area (Å²) in [5, 5.41) is 9.29. The van der Waals surface area contributed by atoms with Crippen LogP contribution in [-0.4, -0.2) is 25.6 Å². The van der Waals surface area contributed by atoms with Gasteiger partial charge in [-0.3, -0.25) is 14.8 Å². The predicted molar refractivity (Wildman–Crippen MR) is 103 cm³/mol. The molecule has 0 aliphatic carbocycles. The van der Waals surface area contributed by atoms with Crippen molar-refractivity contribution < 1.29 is 14.5 Å². The van der Waals surface area contributed by atoms with Crippen LogP contribution < -0.4 is 4.72 Å². The fourth-order valence-electron chi connectivity index (χ4n) is 2.62. The van der Waals surface area contributed by atoms with Crippen LogP contribution in [0.25, 0.3) is 11.3 Å². The second-order valence-electron chi connectivity index (χ2n) is 6.07. The Morgan fingerprint density at radius 1 is 1.22 bits per heavy atom. The van der Waals surface area contributed by atoms with Gasteiger partial charge in [0.05, 0.1) is 35.7 Å². The molecular formula is C20H19N3O3S. The molecule has 138 valence electrons. The molecule has 0 spiro atoms. The second kappa shape index (κ2) is 8.77. The van der Waals surface area contributed by atoms with E-state index in [0.29, 0.717) is 10.6 Å². The molecule has 2 atom stereocenters. The topological polar surface area (TPSA) is 98.2 Å². The van der Waals surface area contributed by atoms with Crippen LogP contribution in [-0.2, 0) is 16.2 Å². The van der Waals surface area contributed by atoms with Crippen LogP contribution in [0.4, 0.5) is 0 Å². The number of aromatic nitrogens is 2. The van der Waals surface area contributed by atoms with E-state index in [9.17, 15) is 14.5 Å². The van der Waals surface area contributed by atoms with Gasteiger partial charge in [0.1, 0.15) is 0 Å².